The smallest absolute Gasteiger partial charge is 0.857 e. The fourth-order valence-electron chi connectivity index (χ4n) is 3.99. The summed E-state index contributed by atoms with van der Waals surface area (Å²) in [5.41, 5.74) is 2.20. The van der Waals surface area contributed by atoms with E-state index >= 15 is 0 Å². The Kier molecular flexibility index (Phi) is 21.3. The van der Waals surface area contributed by atoms with Gasteiger partial charge in [0.05, 0.1) is 9.85 Å². The molecule has 0 saturated carbocycles. The minimum Gasteiger partial charge on any atom is -0.857 e. The summed E-state index contributed by atoms with van der Waals surface area (Å²) in [7, 11) is 0.750. The van der Waals surface area contributed by atoms with Crippen LogP contribution in [-0.2, 0) is 4.74 Å². The molecule has 0 aromatic heterocycles. The van der Waals surface area contributed by atoms with Gasteiger partial charge in [0.25, 0.3) is 0 Å². The summed E-state index contributed by atoms with van der Waals surface area (Å²) >= 11 is 0. The van der Waals surface area contributed by atoms with E-state index in [-0.39, 0.29) is 57.1 Å². The summed E-state index contributed by atoms with van der Waals surface area (Å²) in [6.45, 7) is 9.53. The summed E-state index contributed by atoms with van der Waals surface area (Å²) in [5.74, 6) is -7.78. The molecule has 260 valence electrons. The Morgan fingerprint density at radius 1 is 0.653 bits per heavy atom. The van der Waals surface area contributed by atoms with Crippen molar-refractivity contribution < 1.29 is 103 Å². The van der Waals surface area contributed by atoms with E-state index in [1.54, 1.807) is 38.1 Å². The first-order valence-electron chi connectivity index (χ1n) is 14.0. The fourth-order valence-corrected chi connectivity index (χ4v) is 3.99. The SMILES string of the molecule is C1CCOC1.C[O-].Cc1cc(C)cc(O)c1.Cc1cc(C)cc(Oc2c([N+](=O)[O-])ccc(F)c2F)c1.O=[N+]([O-])c1ccc(F)c(F)c1F.[K+]. The van der Waals surface area contributed by atoms with Gasteiger partial charge >= 0.3 is 62.8 Å². The van der Waals surface area contributed by atoms with Gasteiger partial charge in [-0.05, 0) is 99.2 Å². The minimum atomic E-state index is -1.83. The maximum absolute atomic E-state index is 13.7. The van der Waals surface area contributed by atoms with Gasteiger partial charge in [0.15, 0.2) is 11.6 Å². The first-order chi connectivity index (χ1) is 22.6. The molecule has 10 nitrogen and oxygen atoms in total. The van der Waals surface area contributed by atoms with E-state index in [2.05, 4.69) is 0 Å². The van der Waals surface area contributed by atoms with Gasteiger partial charge in [-0.3, -0.25) is 20.2 Å². The molecule has 1 saturated heterocycles. The van der Waals surface area contributed by atoms with Crippen LogP contribution in [-0.4, -0.2) is 35.3 Å². The largest absolute Gasteiger partial charge is 1.00 e. The predicted octanol–water partition coefficient (Wildman–Crippen LogP) is 5.08. The molecule has 16 heteroatoms. The molecule has 49 heavy (non-hydrogen) atoms. The first kappa shape index (κ1) is 45.5. The molecule has 1 N–H and O–H groups in total. The number of phenols is 1. The maximum atomic E-state index is 13.7. The Bertz CT molecular complexity index is 1610. The molecule has 4 aromatic carbocycles. The van der Waals surface area contributed by atoms with Crippen molar-refractivity contribution in [1.82, 2.24) is 0 Å². The average Bonchev–Trinajstić information content (AvgIpc) is 3.59. The van der Waals surface area contributed by atoms with Gasteiger partial charge in [0.1, 0.15) is 11.5 Å². The van der Waals surface area contributed by atoms with Crippen LogP contribution in [0.3, 0.4) is 0 Å². The van der Waals surface area contributed by atoms with E-state index in [9.17, 15) is 42.2 Å². The van der Waals surface area contributed by atoms with Gasteiger partial charge in [-0.25, -0.2) is 13.2 Å². The van der Waals surface area contributed by atoms with Crippen LogP contribution >= 0.6 is 0 Å². The normalized spacial score (nSPS) is 11.0. The number of nitro benzene ring substituents is 2. The van der Waals surface area contributed by atoms with Crippen LogP contribution in [0.4, 0.5) is 33.3 Å². The molecular weight excluding hydrogens is 686 g/mol. The van der Waals surface area contributed by atoms with Gasteiger partial charge < -0.3 is 19.7 Å². The Morgan fingerprint density at radius 2 is 1.06 bits per heavy atom. The predicted molar refractivity (Wildman–Crippen MR) is 166 cm³/mol. The zero-order chi connectivity index (χ0) is 36.6. The molecular formula is C33H34F5KN2O8. The average molecular weight is 721 g/mol. The van der Waals surface area contributed by atoms with Gasteiger partial charge in [-0.1, -0.05) is 12.1 Å². The van der Waals surface area contributed by atoms with Gasteiger partial charge in [0, 0.05) is 25.3 Å². The second kappa shape index (κ2) is 23.0. The third kappa shape index (κ3) is 15.7. The molecule has 0 unspecified atom stereocenters. The van der Waals surface area contributed by atoms with Crippen LogP contribution in [0.15, 0.2) is 60.7 Å². The van der Waals surface area contributed by atoms with Crippen LogP contribution in [0.25, 0.3) is 0 Å². The number of ether oxygens (including phenoxy) is 2. The molecule has 0 spiro atoms. The molecule has 1 heterocycles. The minimum absolute atomic E-state index is 0. The van der Waals surface area contributed by atoms with Gasteiger partial charge in [-0.15, -0.1) is 0 Å². The number of nitro groups is 2. The van der Waals surface area contributed by atoms with Crippen molar-refractivity contribution in [3.05, 3.63) is 132 Å². The third-order valence-corrected chi connectivity index (χ3v) is 5.89. The van der Waals surface area contributed by atoms with Crippen molar-refractivity contribution in [2.75, 3.05) is 20.3 Å². The zero-order valence-electron chi connectivity index (χ0n) is 27.7. The molecule has 1 aliphatic heterocycles. The van der Waals surface area contributed by atoms with Crippen molar-refractivity contribution in [3.8, 4) is 17.2 Å². The summed E-state index contributed by atoms with van der Waals surface area (Å²) in [6.07, 6.45) is 2.56. The van der Waals surface area contributed by atoms with E-state index in [0.29, 0.717) is 23.9 Å². The topological polar surface area (TPSA) is 148 Å². The molecule has 5 rings (SSSR count). The number of benzene rings is 4. The maximum Gasteiger partial charge on any atom is 1.00 e. The number of aromatic hydroxyl groups is 1. The van der Waals surface area contributed by atoms with Crippen molar-refractivity contribution in [3.63, 3.8) is 0 Å². The summed E-state index contributed by atoms with van der Waals surface area (Å²) < 4.78 is 74.0. The molecule has 0 atom stereocenters. The number of hydrogen-bond acceptors (Lipinski definition) is 8. The van der Waals surface area contributed by atoms with Crippen LogP contribution in [0.5, 0.6) is 17.2 Å². The zero-order valence-corrected chi connectivity index (χ0v) is 30.8. The van der Waals surface area contributed by atoms with Crippen LogP contribution in [0.2, 0.25) is 0 Å². The van der Waals surface area contributed by atoms with Crippen molar-refractivity contribution >= 4 is 11.4 Å². The van der Waals surface area contributed by atoms with E-state index in [4.69, 9.17) is 19.7 Å². The van der Waals surface area contributed by atoms with Crippen molar-refractivity contribution in [1.29, 1.82) is 0 Å². The molecule has 0 amide bonds. The van der Waals surface area contributed by atoms with Crippen LogP contribution in [0, 0.1) is 77.0 Å². The molecule has 0 radical (unpaired) electrons. The Morgan fingerprint density at radius 3 is 1.45 bits per heavy atom. The second-order valence-electron chi connectivity index (χ2n) is 10.0. The Hall–Kier alpha value is -3.51. The number of halogens is 5. The van der Waals surface area contributed by atoms with Gasteiger partial charge in [0.2, 0.25) is 23.2 Å². The summed E-state index contributed by atoms with van der Waals surface area (Å²) in [6, 6.07) is 13.2. The van der Waals surface area contributed by atoms with Crippen molar-refractivity contribution in [2.45, 2.75) is 40.5 Å². The van der Waals surface area contributed by atoms with E-state index in [1.165, 1.54) is 12.8 Å². The number of phenolic OH excluding ortho intramolecular Hbond substituents is 1. The number of aryl methyl sites for hydroxylation is 4. The molecule has 0 aliphatic carbocycles. The molecule has 1 fully saturated rings. The summed E-state index contributed by atoms with van der Waals surface area (Å²) in [5, 5.41) is 38.1. The summed E-state index contributed by atoms with van der Waals surface area (Å²) in [4.78, 5) is 18.9. The second-order valence-corrected chi connectivity index (χ2v) is 10.0. The first-order valence-corrected chi connectivity index (χ1v) is 14.0. The fraction of sp³-hybridized carbons (Fsp3) is 0.273. The third-order valence-electron chi connectivity index (χ3n) is 5.89. The Labute approximate surface area is 322 Å². The molecule has 4 aromatic rings. The number of nitrogens with zero attached hydrogens (tertiary/aromatic N) is 2. The van der Waals surface area contributed by atoms with E-state index < -0.39 is 56.1 Å². The standard InChI is InChI=1S/C14H11F2NO3.C8H10O.C6H2F3NO2.C4H8O.CH3O.K/c1-8-5-9(2)7-10(6-8)20-14-12(17(18)19)4-3-11(15)13(14)16;1-6-3-7(2)5-8(9)4-6;7-3-1-2-4(10(11)12)6(9)5(3)8;1-2-4-5-3-1;1-2;/h3-7H,1-2H3;3-5,9H,1-2H3;1-2H;1-4H2;1H3;/q;;;;-1;+1. The molecule has 0 bridgehead atoms. The monoisotopic (exact) mass is 720 g/mol. The van der Waals surface area contributed by atoms with Crippen LogP contribution < -0.4 is 61.2 Å². The van der Waals surface area contributed by atoms with Crippen LogP contribution in [0.1, 0.15) is 35.1 Å². The van der Waals surface area contributed by atoms with Gasteiger partial charge in [-0.2, -0.15) is 15.9 Å². The van der Waals surface area contributed by atoms with E-state index in [1.807, 2.05) is 26.0 Å². The Balaban J connectivity index is 0.000000676. The molecule has 1 aliphatic rings. The van der Waals surface area contributed by atoms with E-state index in [0.717, 1.165) is 48.6 Å². The quantitative estimate of drug-likeness (QED) is 0.101. The number of hydrogen-bond donors (Lipinski definition) is 1. The number of rotatable bonds is 4. The van der Waals surface area contributed by atoms with Crippen molar-refractivity contribution in [2.24, 2.45) is 0 Å².